The maximum absolute atomic E-state index is 12.1. The lowest BCUT2D eigenvalue weighted by Gasteiger charge is -2.29. The fourth-order valence-corrected chi connectivity index (χ4v) is 2.28. The third kappa shape index (κ3) is 2.27. The minimum Gasteiger partial charge on any atom is -0.340 e. The third-order valence-electron chi connectivity index (χ3n) is 3.13. The van der Waals surface area contributed by atoms with Gasteiger partial charge in [0.1, 0.15) is 0 Å². The normalized spacial score (nSPS) is 26.9. The largest absolute Gasteiger partial charge is 0.340 e. The monoisotopic (exact) mass is 198 g/mol. The minimum atomic E-state index is 0.0809. The predicted molar refractivity (Wildman–Crippen MR) is 57.8 cm³/mol. The lowest BCUT2D eigenvalue weighted by atomic mass is 10.0. The van der Waals surface area contributed by atoms with E-state index in [1.807, 2.05) is 11.8 Å². The number of carbonyl (C=O) groups is 1. The molecule has 0 saturated heterocycles. The van der Waals surface area contributed by atoms with Gasteiger partial charge in [0.05, 0.1) is 5.92 Å². The molecule has 14 heavy (non-hydrogen) atoms. The fraction of sp³-hybridized carbons (Fsp3) is 0.909. The van der Waals surface area contributed by atoms with E-state index in [0.29, 0.717) is 6.04 Å². The van der Waals surface area contributed by atoms with Crippen molar-refractivity contribution in [2.24, 2.45) is 11.7 Å². The summed E-state index contributed by atoms with van der Waals surface area (Å²) < 4.78 is 0. The van der Waals surface area contributed by atoms with Crippen molar-refractivity contribution in [1.29, 1.82) is 0 Å². The van der Waals surface area contributed by atoms with Crippen molar-refractivity contribution in [3.63, 3.8) is 0 Å². The van der Waals surface area contributed by atoms with E-state index < -0.39 is 0 Å². The van der Waals surface area contributed by atoms with Gasteiger partial charge in [-0.3, -0.25) is 4.79 Å². The zero-order valence-electron chi connectivity index (χ0n) is 9.49. The maximum atomic E-state index is 12.1. The molecule has 3 nitrogen and oxygen atoms in total. The van der Waals surface area contributed by atoms with Crippen molar-refractivity contribution in [3.05, 3.63) is 0 Å². The first-order chi connectivity index (χ1) is 6.57. The van der Waals surface area contributed by atoms with Gasteiger partial charge in [-0.2, -0.15) is 0 Å². The average Bonchev–Trinajstić information content (AvgIpc) is 2.51. The van der Waals surface area contributed by atoms with Gasteiger partial charge in [0.25, 0.3) is 0 Å². The number of rotatable bonds is 3. The lowest BCUT2D eigenvalue weighted by Crippen LogP contribution is -2.44. The molecule has 0 aromatic heterocycles. The van der Waals surface area contributed by atoms with Gasteiger partial charge in [-0.25, -0.2) is 0 Å². The van der Waals surface area contributed by atoms with E-state index >= 15 is 0 Å². The van der Waals surface area contributed by atoms with Crippen LogP contribution in [0.15, 0.2) is 0 Å². The summed E-state index contributed by atoms with van der Waals surface area (Å²) in [6, 6.07) is 0.385. The summed E-state index contributed by atoms with van der Waals surface area (Å²) in [5.41, 5.74) is 5.93. The molecule has 1 aliphatic carbocycles. The first-order valence-electron chi connectivity index (χ1n) is 5.64. The lowest BCUT2D eigenvalue weighted by molar-refractivity contribution is -0.137. The number of hydrogen-bond acceptors (Lipinski definition) is 2. The minimum absolute atomic E-state index is 0.0809. The van der Waals surface area contributed by atoms with Crippen molar-refractivity contribution >= 4 is 5.91 Å². The highest BCUT2D eigenvalue weighted by Gasteiger charge is 2.33. The van der Waals surface area contributed by atoms with Gasteiger partial charge in [0.2, 0.25) is 5.91 Å². The third-order valence-corrected chi connectivity index (χ3v) is 3.13. The molecule has 0 spiro atoms. The van der Waals surface area contributed by atoms with Gasteiger partial charge >= 0.3 is 0 Å². The molecule has 0 aromatic carbocycles. The average molecular weight is 198 g/mol. The highest BCUT2D eigenvalue weighted by molar-refractivity contribution is 5.80. The SMILES string of the molecule is CCN(C(=O)C1CCCC1N)C(C)C. The van der Waals surface area contributed by atoms with E-state index in [1.165, 1.54) is 0 Å². The molecule has 3 heteroatoms. The Morgan fingerprint density at radius 3 is 2.50 bits per heavy atom. The molecule has 2 atom stereocenters. The fourth-order valence-electron chi connectivity index (χ4n) is 2.28. The zero-order valence-corrected chi connectivity index (χ0v) is 9.49. The van der Waals surface area contributed by atoms with Gasteiger partial charge in [0.15, 0.2) is 0 Å². The van der Waals surface area contributed by atoms with Crippen LogP contribution < -0.4 is 5.73 Å². The van der Waals surface area contributed by atoms with E-state index in [-0.39, 0.29) is 17.9 Å². The summed E-state index contributed by atoms with van der Waals surface area (Å²) in [6.07, 6.45) is 3.09. The summed E-state index contributed by atoms with van der Waals surface area (Å²) in [5.74, 6) is 0.338. The van der Waals surface area contributed by atoms with Crippen molar-refractivity contribution < 1.29 is 4.79 Å². The molecule has 2 unspecified atom stereocenters. The van der Waals surface area contributed by atoms with Crippen molar-refractivity contribution in [2.75, 3.05) is 6.54 Å². The second-order valence-electron chi connectivity index (χ2n) is 4.42. The summed E-state index contributed by atoms with van der Waals surface area (Å²) in [7, 11) is 0. The van der Waals surface area contributed by atoms with Crippen LogP contribution in [-0.4, -0.2) is 29.4 Å². The van der Waals surface area contributed by atoms with Crippen molar-refractivity contribution in [2.45, 2.75) is 52.1 Å². The Hall–Kier alpha value is -0.570. The highest BCUT2D eigenvalue weighted by atomic mass is 16.2. The number of nitrogens with two attached hydrogens (primary N) is 1. The van der Waals surface area contributed by atoms with Crippen LogP contribution in [0.5, 0.6) is 0 Å². The predicted octanol–water partition coefficient (Wildman–Crippen LogP) is 1.37. The Morgan fingerprint density at radius 1 is 1.50 bits per heavy atom. The molecule has 0 aliphatic heterocycles. The van der Waals surface area contributed by atoms with E-state index in [9.17, 15) is 4.79 Å². The van der Waals surface area contributed by atoms with Crippen molar-refractivity contribution in [3.8, 4) is 0 Å². The zero-order chi connectivity index (χ0) is 10.7. The second-order valence-corrected chi connectivity index (χ2v) is 4.42. The molecule has 0 bridgehead atoms. The van der Waals surface area contributed by atoms with E-state index in [2.05, 4.69) is 13.8 Å². The quantitative estimate of drug-likeness (QED) is 0.744. The van der Waals surface area contributed by atoms with Gasteiger partial charge < -0.3 is 10.6 Å². The molecule has 0 radical (unpaired) electrons. The van der Waals surface area contributed by atoms with Gasteiger partial charge in [-0.05, 0) is 33.6 Å². The van der Waals surface area contributed by atoms with Crippen LogP contribution in [0.2, 0.25) is 0 Å². The van der Waals surface area contributed by atoms with Crippen LogP contribution in [-0.2, 0) is 4.79 Å². The number of amides is 1. The number of carbonyl (C=O) groups excluding carboxylic acids is 1. The molecule has 82 valence electrons. The van der Waals surface area contributed by atoms with Crippen molar-refractivity contribution in [1.82, 2.24) is 4.90 Å². The van der Waals surface area contributed by atoms with Crippen LogP contribution in [0.4, 0.5) is 0 Å². The Bertz CT molecular complexity index is 199. The van der Waals surface area contributed by atoms with Crippen LogP contribution in [0.1, 0.15) is 40.0 Å². The molecule has 1 aliphatic rings. The molecule has 1 amide bonds. The Kier molecular flexibility index (Phi) is 3.93. The van der Waals surface area contributed by atoms with Crippen LogP contribution in [0, 0.1) is 5.92 Å². The second kappa shape index (κ2) is 4.78. The Morgan fingerprint density at radius 2 is 2.14 bits per heavy atom. The van der Waals surface area contributed by atoms with E-state index in [4.69, 9.17) is 5.73 Å². The van der Waals surface area contributed by atoms with Gasteiger partial charge in [-0.15, -0.1) is 0 Å². The topological polar surface area (TPSA) is 46.3 Å². The smallest absolute Gasteiger partial charge is 0.227 e. The molecular weight excluding hydrogens is 176 g/mol. The molecule has 1 saturated carbocycles. The van der Waals surface area contributed by atoms with Crippen LogP contribution in [0.3, 0.4) is 0 Å². The molecule has 1 rings (SSSR count). The summed E-state index contributed by atoms with van der Waals surface area (Å²) in [4.78, 5) is 14.0. The van der Waals surface area contributed by atoms with E-state index in [1.54, 1.807) is 0 Å². The molecular formula is C11H22N2O. The summed E-state index contributed by atoms with van der Waals surface area (Å²) in [5, 5.41) is 0. The van der Waals surface area contributed by atoms with Crippen LogP contribution in [0.25, 0.3) is 0 Å². The first-order valence-corrected chi connectivity index (χ1v) is 5.64. The molecule has 0 heterocycles. The van der Waals surface area contributed by atoms with E-state index in [0.717, 1.165) is 25.8 Å². The van der Waals surface area contributed by atoms with Gasteiger partial charge in [-0.1, -0.05) is 6.42 Å². The first kappa shape index (κ1) is 11.5. The summed E-state index contributed by atoms with van der Waals surface area (Å²) >= 11 is 0. The maximum Gasteiger partial charge on any atom is 0.227 e. The molecule has 0 aromatic rings. The Balaban J connectivity index is 2.62. The highest BCUT2D eigenvalue weighted by Crippen LogP contribution is 2.26. The van der Waals surface area contributed by atoms with Gasteiger partial charge in [0, 0.05) is 18.6 Å². The molecule has 1 fully saturated rings. The van der Waals surface area contributed by atoms with Crippen LogP contribution >= 0.6 is 0 Å². The Labute approximate surface area is 86.6 Å². The summed E-state index contributed by atoms with van der Waals surface area (Å²) in [6.45, 7) is 6.93. The standard InChI is InChI=1S/C11H22N2O/c1-4-13(8(2)3)11(14)9-6-5-7-10(9)12/h8-10H,4-7,12H2,1-3H3. The molecule has 2 N–H and O–H groups in total. The number of nitrogens with zero attached hydrogens (tertiary/aromatic N) is 1. The number of hydrogen-bond donors (Lipinski definition) is 1.